The lowest BCUT2D eigenvalue weighted by Gasteiger charge is -2.19. The van der Waals surface area contributed by atoms with Gasteiger partial charge in [0.2, 0.25) is 0 Å². The molecule has 8 heteroatoms. The Morgan fingerprint density at radius 1 is 1.21 bits per heavy atom. The van der Waals surface area contributed by atoms with Gasteiger partial charge in [0.25, 0.3) is 5.91 Å². The molecule has 1 aromatic carbocycles. The van der Waals surface area contributed by atoms with Gasteiger partial charge in [0, 0.05) is 37.9 Å². The topological polar surface area (TPSA) is 112 Å². The molecule has 4 rings (SSSR count). The van der Waals surface area contributed by atoms with Crippen LogP contribution >= 0.6 is 0 Å². The Morgan fingerprint density at radius 2 is 2.14 bits per heavy atom. The second-order valence-electron chi connectivity index (χ2n) is 6.96. The molecule has 0 atom stereocenters. The van der Waals surface area contributed by atoms with E-state index in [2.05, 4.69) is 30.5 Å². The molecule has 3 heterocycles. The fourth-order valence-corrected chi connectivity index (χ4v) is 3.47. The lowest BCUT2D eigenvalue weighted by atomic mass is 10.2. The number of hydrogen-bond acceptors (Lipinski definition) is 6. The van der Waals surface area contributed by atoms with Crippen LogP contribution in [0.15, 0.2) is 36.5 Å². The number of anilines is 1. The zero-order valence-electron chi connectivity index (χ0n) is 15.7. The average Bonchev–Trinajstić information content (AvgIpc) is 2.98. The molecule has 3 aromatic rings. The quantitative estimate of drug-likeness (QED) is 0.515. The van der Waals surface area contributed by atoms with Gasteiger partial charge in [0.05, 0.1) is 11.1 Å². The predicted molar refractivity (Wildman–Crippen MR) is 110 cm³/mol. The number of nitrogens with one attached hydrogen (secondary N) is 3. The summed E-state index contributed by atoms with van der Waals surface area (Å²) in [6.07, 6.45) is 2.97. The van der Waals surface area contributed by atoms with E-state index in [-0.39, 0.29) is 0 Å². The Hall–Kier alpha value is -2.97. The summed E-state index contributed by atoms with van der Waals surface area (Å²) >= 11 is 0. The number of para-hydroxylation sites is 1. The Kier molecular flexibility index (Phi) is 5.50. The van der Waals surface area contributed by atoms with Gasteiger partial charge in [-0.25, -0.2) is 9.97 Å². The number of nitrogens with two attached hydrogens (primary N) is 1. The number of rotatable bonds is 6. The first-order chi connectivity index (χ1) is 13.7. The maximum atomic E-state index is 11.6. The van der Waals surface area contributed by atoms with Gasteiger partial charge in [-0.15, -0.1) is 0 Å². The standard InChI is InChI=1S/C20H25N7O/c21-19(28)15-3-1-4-16-18(15)26-20(25-16)14-5-6-17(24-13-14)23-9-12-27-10-2-7-22-8-11-27/h1,3-6,13,22H,2,7-12H2,(H2,21,28)(H,23,24)(H,25,26). The highest BCUT2D eigenvalue weighted by molar-refractivity contribution is 6.04. The first-order valence-electron chi connectivity index (χ1n) is 9.62. The minimum Gasteiger partial charge on any atom is -0.369 e. The highest BCUT2D eigenvalue weighted by atomic mass is 16.1. The monoisotopic (exact) mass is 379 g/mol. The third kappa shape index (κ3) is 4.13. The number of H-pyrrole nitrogens is 1. The lowest BCUT2D eigenvalue weighted by molar-refractivity contribution is 0.100. The molecule has 2 aromatic heterocycles. The fourth-order valence-electron chi connectivity index (χ4n) is 3.47. The average molecular weight is 379 g/mol. The predicted octanol–water partition coefficient (Wildman–Crippen LogP) is 1.43. The van der Waals surface area contributed by atoms with Crippen molar-refractivity contribution in [2.45, 2.75) is 6.42 Å². The van der Waals surface area contributed by atoms with E-state index in [1.165, 1.54) is 6.42 Å². The molecule has 1 aliphatic heterocycles. The molecule has 0 unspecified atom stereocenters. The van der Waals surface area contributed by atoms with Crippen LogP contribution in [0.5, 0.6) is 0 Å². The smallest absolute Gasteiger partial charge is 0.250 e. The summed E-state index contributed by atoms with van der Waals surface area (Å²) in [5.74, 6) is 1.02. The van der Waals surface area contributed by atoms with Gasteiger partial charge in [-0.05, 0) is 43.8 Å². The van der Waals surface area contributed by atoms with Crippen molar-refractivity contribution in [1.82, 2.24) is 25.2 Å². The number of imidazole rings is 1. The van der Waals surface area contributed by atoms with E-state index in [1.807, 2.05) is 18.2 Å². The van der Waals surface area contributed by atoms with E-state index < -0.39 is 5.91 Å². The summed E-state index contributed by atoms with van der Waals surface area (Å²) in [6, 6.07) is 9.26. The molecular formula is C20H25N7O. The first kappa shape index (κ1) is 18.4. The van der Waals surface area contributed by atoms with Crippen molar-refractivity contribution < 1.29 is 4.79 Å². The summed E-state index contributed by atoms with van der Waals surface area (Å²) in [5.41, 5.74) is 8.07. The number of nitrogens with zero attached hydrogens (tertiary/aromatic N) is 3. The molecule has 1 fully saturated rings. The van der Waals surface area contributed by atoms with Crippen LogP contribution in [0.2, 0.25) is 0 Å². The number of benzene rings is 1. The van der Waals surface area contributed by atoms with Crippen molar-refractivity contribution in [2.24, 2.45) is 5.73 Å². The number of aromatic nitrogens is 3. The largest absolute Gasteiger partial charge is 0.369 e. The van der Waals surface area contributed by atoms with Gasteiger partial charge in [-0.2, -0.15) is 0 Å². The van der Waals surface area contributed by atoms with Crippen molar-refractivity contribution in [3.63, 3.8) is 0 Å². The lowest BCUT2D eigenvalue weighted by Crippen LogP contribution is -2.32. The Balaban J connectivity index is 1.41. The van der Waals surface area contributed by atoms with Crippen molar-refractivity contribution in [2.75, 3.05) is 44.6 Å². The summed E-state index contributed by atoms with van der Waals surface area (Å²) in [7, 11) is 0. The summed E-state index contributed by atoms with van der Waals surface area (Å²) in [6.45, 7) is 6.26. The molecule has 1 saturated heterocycles. The normalized spacial score (nSPS) is 15.4. The molecular weight excluding hydrogens is 354 g/mol. The van der Waals surface area contributed by atoms with Crippen LogP contribution in [-0.2, 0) is 0 Å². The molecule has 0 bridgehead atoms. The Bertz CT molecular complexity index is 943. The number of fused-ring (bicyclic) bond motifs is 1. The van der Waals surface area contributed by atoms with Gasteiger partial charge in [-0.1, -0.05) is 6.07 Å². The van der Waals surface area contributed by atoms with Gasteiger partial charge in [0.15, 0.2) is 0 Å². The zero-order chi connectivity index (χ0) is 19.3. The van der Waals surface area contributed by atoms with Crippen LogP contribution < -0.4 is 16.4 Å². The molecule has 5 N–H and O–H groups in total. The van der Waals surface area contributed by atoms with E-state index in [1.54, 1.807) is 18.3 Å². The maximum absolute atomic E-state index is 11.6. The molecule has 146 valence electrons. The molecule has 8 nitrogen and oxygen atoms in total. The third-order valence-corrected chi connectivity index (χ3v) is 4.98. The van der Waals surface area contributed by atoms with Gasteiger partial charge in [0.1, 0.15) is 17.2 Å². The SMILES string of the molecule is NC(=O)c1cccc2[nH]c(-c3ccc(NCCN4CCCNCC4)nc3)nc12. The first-order valence-corrected chi connectivity index (χ1v) is 9.62. The Labute approximate surface area is 163 Å². The Morgan fingerprint density at radius 3 is 2.96 bits per heavy atom. The minimum atomic E-state index is -0.485. The highest BCUT2D eigenvalue weighted by Crippen LogP contribution is 2.23. The van der Waals surface area contributed by atoms with Crippen LogP contribution in [0.1, 0.15) is 16.8 Å². The van der Waals surface area contributed by atoms with Crippen LogP contribution in [0.25, 0.3) is 22.4 Å². The fraction of sp³-hybridized carbons (Fsp3) is 0.350. The molecule has 28 heavy (non-hydrogen) atoms. The number of primary amides is 1. The van der Waals surface area contributed by atoms with Crippen LogP contribution in [0, 0.1) is 0 Å². The number of carbonyl (C=O) groups excluding carboxylic acids is 1. The maximum Gasteiger partial charge on any atom is 0.250 e. The summed E-state index contributed by atoms with van der Waals surface area (Å²) in [4.78, 5) is 26.3. The molecule has 1 aliphatic rings. The minimum absolute atomic E-state index is 0.412. The van der Waals surface area contributed by atoms with Crippen LogP contribution in [-0.4, -0.2) is 65.0 Å². The molecule has 1 amide bonds. The van der Waals surface area contributed by atoms with E-state index in [0.717, 1.165) is 56.2 Å². The van der Waals surface area contributed by atoms with Crippen LogP contribution in [0.4, 0.5) is 5.82 Å². The second kappa shape index (κ2) is 8.37. The number of carbonyl (C=O) groups is 1. The van der Waals surface area contributed by atoms with Gasteiger partial charge in [-0.3, -0.25) is 4.79 Å². The van der Waals surface area contributed by atoms with Crippen molar-refractivity contribution in [3.05, 3.63) is 42.1 Å². The third-order valence-electron chi connectivity index (χ3n) is 4.98. The number of pyridine rings is 1. The number of hydrogen-bond donors (Lipinski definition) is 4. The van der Waals surface area contributed by atoms with E-state index in [9.17, 15) is 4.79 Å². The molecule has 0 spiro atoms. The summed E-state index contributed by atoms with van der Waals surface area (Å²) in [5, 5.41) is 6.79. The van der Waals surface area contributed by atoms with E-state index in [4.69, 9.17) is 5.73 Å². The number of amides is 1. The van der Waals surface area contributed by atoms with Gasteiger partial charge >= 0.3 is 0 Å². The second-order valence-corrected chi connectivity index (χ2v) is 6.96. The molecule has 0 radical (unpaired) electrons. The van der Waals surface area contributed by atoms with Gasteiger partial charge < -0.3 is 26.3 Å². The summed E-state index contributed by atoms with van der Waals surface area (Å²) < 4.78 is 0. The van der Waals surface area contributed by atoms with E-state index >= 15 is 0 Å². The highest BCUT2D eigenvalue weighted by Gasteiger charge is 2.12. The van der Waals surface area contributed by atoms with Crippen LogP contribution in [0.3, 0.4) is 0 Å². The number of aromatic amines is 1. The zero-order valence-corrected chi connectivity index (χ0v) is 15.7. The van der Waals surface area contributed by atoms with E-state index in [0.29, 0.717) is 16.9 Å². The molecule has 0 aliphatic carbocycles. The van der Waals surface area contributed by atoms with Crippen molar-refractivity contribution >= 4 is 22.8 Å². The molecule has 0 saturated carbocycles. The van der Waals surface area contributed by atoms with Crippen molar-refractivity contribution in [3.8, 4) is 11.4 Å². The van der Waals surface area contributed by atoms with Crippen molar-refractivity contribution in [1.29, 1.82) is 0 Å².